The first-order chi connectivity index (χ1) is 24.9. The second-order valence-corrected chi connectivity index (χ2v) is 14.1. The molecule has 2 aliphatic heterocycles. The quantitative estimate of drug-likeness (QED) is 0.0829. The highest BCUT2D eigenvalue weighted by Crippen LogP contribution is 2.42. The number of alkyl halides is 1. The molecule has 2 heterocycles. The van der Waals surface area contributed by atoms with Gasteiger partial charge in [0.1, 0.15) is 23.0 Å². The number of amides is 3. The van der Waals surface area contributed by atoms with E-state index in [1.807, 2.05) is 121 Å². The van der Waals surface area contributed by atoms with Crippen LogP contribution in [0.5, 0.6) is 0 Å². The van der Waals surface area contributed by atoms with Gasteiger partial charge in [-0.3, -0.25) is 19.3 Å². The van der Waals surface area contributed by atoms with E-state index in [4.69, 9.17) is 27.9 Å². The van der Waals surface area contributed by atoms with Crippen LogP contribution >= 0.6 is 35.0 Å². The van der Waals surface area contributed by atoms with Crippen LogP contribution in [-0.4, -0.2) is 57.7 Å². The molecule has 3 atom stereocenters. The van der Waals surface area contributed by atoms with Gasteiger partial charge in [-0.25, -0.2) is 4.79 Å². The van der Waals surface area contributed by atoms with Crippen molar-refractivity contribution in [3.05, 3.63) is 154 Å². The number of benzene rings is 4. The average Bonchev–Trinajstić information content (AvgIpc) is 3.17. The van der Waals surface area contributed by atoms with Crippen LogP contribution in [0.2, 0.25) is 0 Å². The Morgan fingerprint density at radius 1 is 0.784 bits per heavy atom. The number of thioether (sulfide) groups is 1. The van der Waals surface area contributed by atoms with Crippen molar-refractivity contribution in [3.8, 4) is 0 Å². The number of nitrogens with zero attached hydrogens (tertiary/aromatic N) is 1. The summed E-state index contributed by atoms with van der Waals surface area (Å²) in [5.74, 6) is -1.79. The standard InChI is InChI=1S/C40H37Cl2N3O5S/c41-24-33(47)43-31(34(26-14-5-1-6-15-26)27-16-7-2-8-17-27)22-13-23-32(46)44-35-38(48)45-36(30(42)25-51-39(35)45)40(49)50-37(28-18-9-3-10-19-28)29-20-11-4-12-21-29/h1-12,14-21,31,34-35,37,39H,13,22-25H2,(H,43,47)(H,44,46)/t31?,35?,39-/m0/s1. The molecule has 1 fully saturated rings. The fourth-order valence-electron chi connectivity index (χ4n) is 6.59. The van der Waals surface area contributed by atoms with E-state index in [2.05, 4.69) is 10.6 Å². The van der Waals surface area contributed by atoms with Crippen LogP contribution in [0.25, 0.3) is 0 Å². The highest BCUT2D eigenvalue weighted by Gasteiger charge is 2.54. The van der Waals surface area contributed by atoms with Crippen molar-refractivity contribution >= 4 is 58.7 Å². The zero-order chi connectivity index (χ0) is 35.7. The fourth-order valence-corrected chi connectivity index (χ4v) is 8.22. The first kappa shape index (κ1) is 36.2. The molecular formula is C40H37Cl2N3O5S. The normalized spacial score (nSPS) is 17.4. The predicted molar refractivity (Wildman–Crippen MR) is 200 cm³/mol. The molecule has 0 bridgehead atoms. The van der Waals surface area contributed by atoms with Crippen molar-refractivity contribution in [2.75, 3.05) is 11.6 Å². The van der Waals surface area contributed by atoms with Gasteiger partial charge in [0.15, 0.2) is 6.10 Å². The van der Waals surface area contributed by atoms with Gasteiger partial charge in [-0.1, -0.05) is 133 Å². The molecular weight excluding hydrogens is 705 g/mol. The van der Waals surface area contributed by atoms with Crippen LogP contribution in [0.4, 0.5) is 0 Å². The first-order valence-electron chi connectivity index (χ1n) is 16.7. The van der Waals surface area contributed by atoms with Gasteiger partial charge in [0.2, 0.25) is 11.8 Å². The van der Waals surface area contributed by atoms with Crippen LogP contribution in [0, 0.1) is 0 Å². The van der Waals surface area contributed by atoms with Gasteiger partial charge < -0.3 is 15.4 Å². The zero-order valence-electron chi connectivity index (χ0n) is 27.6. The molecule has 6 rings (SSSR count). The lowest BCUT2D eigenvalue weighted by Gasteiger charge is -2.49. The topological polar surface area (TPSA) is 105 Å². The molecule has 0 aliphatic carbocycles. The van der Waals surface area contributed by atoms with Gasteiger partial charge in [0.25, 0.3) is 5.91 Å². The molecule has 0 saturated carbocycles. The Balaban J connectivity index is 1.10. The maximum atomic E-state index is 13.7. The minimum absolute atomic E-state index is 0.00137. The van der Waals surface area contributed by atoms with Crippen molar-refractivity contribution in [3.63, 3.8) is 0 Å². The molecule has 11 heteroatoms. The molecule has 1 saturated heterocycles. The smallest absolute Gasteiger partial charge is 0.357 e. The number of esters is 1. The number of carbonyl (C=O) groups excluding carboxylic acids is 4. The summed E-state index contributed by atoms with van der Waals surface area (Å²) in [7, 11) is 0. The van der Waals surface area contributed by atoms with Gasteiger partial charge in [-0.2, -0.15) is 0 Å². The minimum atomic E-state index is -0.817. The Kier molecular flexibility index (Phi) is 12.1. The number of nitrogens with one attached hydrogen (secondary N) is 2. The SMILES string of the molecule is O=C(CCl)NC(CCCC(=O)NC1C(=O)N2C(C(=O)OC(c3ccccc3)c3ccccc3)=C(Cl)CS[C@@H]12)C(c1ccccc1)c1ccccc1. The van der Waals surface area contributed by atoms with E-state index < -0.39 is 29.4 Å². The van der Waals surface area contributed by atoms with Crippen molar-refractivity contribution in [1.82, 2.24) is 15.5 Å². The van der Waals surface area contributed by atoms with E-state index in [0.29, 0.717) is 12.8 Å². The molecule has 2 N–H and O–H groups in total. The van der Waals surface area contributed by atoms with Crippen molar-refractivity contribution < 1.29 is 23.9 Å². The number of β-lactam (4-membered cyclic amide) rings is 1. The van der Waals surface area contributed by atoms with E-state index in [1.165, 1.54) is 16.7 Å². The van der Waals surface area contributed by atoms with Crippen LogP contribution in [-0.2, 0) is 23.9 Å². The van der Waals surface area contributed by atoms with Crippen molar-refractivity contribution in [1.29, 1.82) is 0 Å². The third-order valence-corrected chi connectivity index (χ3v) is 11.0. The summed E-state index contributed by atoms with van der Waals surface area (Å²) in [6.45, 7) is 0. The minimum Gasteiger partial charge on any atom is -0.448 e. The monoisotopic (exact) mass is 741 g/mol. The molecule has 0 radical (unpaired) electrons. The molecule has 2 aliphatic rings. The van der Waals surface area contributed by atoms with E-state index in [1.54, 1.807) is 0 Å². The van der Waals surface area contributed by atoms with Crippen LogP contribution in [0.15, 0.2) is 132 Å². The third-order valence-electron chi connectivity index (χ3n) is 8.97. The summed E-state index contributed by atoms with van der Waals surface area (Å²) >= 11 is 13.8. The second-order valence-electron chi connectivity index (χ2n) is 12.3. The lowest BCUT2D eigenvalue weighted by atomic mass is 9.82. The molecule has 3 amide bonds. The van der Waals surface area contributed by atoms with Crippen LogP contribution in [0.1, 0.15) is 53.5 Å². The van der Waals surface area contributed by atoms with Crippen LogP contribution in [0.3, 0.4) is 0 Å². The van der Waals surface area contributed by atoms with E-state index in [0.717, 1.165) is 22.3 Å². The summed E-state index contributed by atoms with van der Waals surface area (Å²) in [6, 6.07) is 37.4. The number of rotatable bonds is 14. The lowest BCUT2D eigenvalue weighted by molar-refractivity contribution is -0.154. The number of halogens is 2. The summed E-state index contributed by atoms with van der Waals surface area (Å²) in [5.41, 5.74) is 3.61. The Labute approximate surface area is 311 Å². The second kappa shape index (κ2) is 17.1. The Morgan fingerprint density at radius 3 is 1.80 bits per heavy atom. The summed E-state index contributed by atoms with van der Waals surface area (Å²) in [6.07, 6.45) is 0.359. The molecule has 51 heavy (non-hydrogen) atoms. The molecule has 2 unspecified atom stereocenters. The molecule has 0 aromatic heterocycles. The lowest BCUT2D eigenvalue weighted by Crippen LogP contribution is -2.70. The summed E-state index contributed by atoms with van der Waals surface area (Å²) < 4.78 is 6.03. The Bertz CT molecular complexity index is 1790. The maximum Gasteiger partial charge on any atom is 0.357 e. The summed E-state index contributed by atoms with van der Waals surface area (Å²) in [5, 5.41) is 5.66. The molecule has 4 aromatic carbocycles. The number of ether oxygens (including phenoxy) is 1. The Morgan fingerprint density at radius 2 is 1.29 bits per heavy atom. The van der Waals surface area contributed by atoms with E-state index in [-0.39, 0.29) is 52.6 Å². The highest BCUT2D eigenvalue weighted by molar-refractivity contribution is 8.00. The highest BCUT2D eigenvalue weighted by atomic mass is 35.5. The average molecular weight is 743 g/mol. The van der Waals surface area contributed by atoms with Gasteiger partial charge in [-0.15, -0.1) is 23.4 Å². The van der Waals surface area contributed by atoms with Crippen LogP contribution < -0.4 is 10.6 Å². The predicted octanol–water partition coefficient (Wildman–Crippen LogP) is 6.90. The first-order valence-corrected chi connectivity index (χ1v) is 18.7. The van der Waals surface area contributed by atoms with Gasteiger partial charge in [0.05, 0.1) is 5.03 Å². The van der Waals surface area contributed by atoms with Gasteiger partial charge in [0, 0.05) is 24.1 Å². The largest absolute Gasteiger partial charge is 0.448 e. The summed E-state index contributed by atoms with van der Waals surface area (Å²) in [4.78, 5) is 54.3. The van der Waals surface area contributed by atoms with Crippen molar-refractivity contribution in [2.24, 2.45) is 0 Å². The zero-order valence-corrected chi connectivity index (χ0v) is 30.0. The number of fused-ring (bicyclic) bond motifs is 1. The molecule has 0 spiro atoms. The van der Waals surface area contributed by atoms with Gasteiger partial charge in [-0.05, 0) is 35.1 Å². The van der Waals surface area contributed by atoms with E-state index in [9.17, 15) is 19.2 Å². The van der Waals surface area contributed by atoms with Crippen molar-refractivity contribution in [2.45, 2.75) is 48.7 Å². The Hall–Kier alpha value is -4.57. The molecule has 4 aromatic rings. The number of hydrogen-bond donors (Lipinski definition) is 2. The number of hydrogen-bond acceptors (Lipinski definition) is 6. The maximum absolute atomic E-state index is 13.7. The van der Waals surface area contributed by atoms with E-state index >= 15 is 0 Å². The number of carbonyl (C=O) groups is 4. The molecule has 262 valence electrons. The molecule has 8 nitrogen and oxygen atoms in total. The van der Waals surface area contributed by atoms with Gasteiger partial charge >= 0.3 is 5.97 Å². The fraction of sp³-hybridized carbons (Fsp3) is 0.250. The third kappa shape index (κ3) is 8.50.